The highest BCUT2D eigenvalue weighted by molar-refractivity contribution is 5.96. The zero-order valence-corrected chi connectivity index (χ0v) is 11.9. The second-order valence-electron chi connectivity index (χ2n) is 4.01. The van der Waals surface area contributed by atoms with Crippen molar-refractivity contribution in [2.45, 2.75) is 19.8 Å². The Bertz CT molecular complexity index is 450. The largest absolute Gasteiger partial charge is 0.469 e. The van der Waals surface area contributed by atoms with Crippen LogP contribution in [0.5, 0.6) is 0 Å². The summed E-state index contributed by atoms with van der Waals surface area (Å²) in [7, 11) is 1.34. The minimum absolute atomic E-state index is 0. The molecule has 0 spiro atoms. The second kappa shape index (κ2) is 8.37. The Morgan fingerprint density at radius 1 is 1.37 bits per heavy atom. The number of hydrogen-bond donors (Lipinski definition) is 2. The molecule has 0 aliphatic carbocycles. The van der Waals surface area contributed by atoms with Crippen molar-refractivity contribution in [3.8, 4) is 0 Å². The summed E-state index contributed by atoms with van der Waals surface area (Å²) in [5.41, 5.74) is 7.63. The normalized spacial score (nSPS) is 9.37. The summed E-state index contributed by atoms with van der Waals surface area (Å²) in [4.78, 5) is 22.7. The smallest absolute Gasteiger partial charge is 0.305 e. The Balaban J connectivity index is 0.00000324. The van der Waals surface area contributed by atoms with Gasteiger partial charge in [0.1, 0.15) is 0 Å². The minimum Gasteiger partial charge on any atom is -0.469 e. The van der Waals surface area contributed by atoms with Crippen LogP contribution in [0.1, 0.15) is 28.8 Å². The quantitative estimate of drug-likeness (QED) is 0.490. The molecule has 0 aliphatic heterocycles. The van der Waals surface area contributed by atoms with Crippen LogP contribution in [-0.2, 0) is 9.53 Å². The van der Waals surface area contributed by atoms with Crippen molar-refractivity contribution in [1.82, 2.24) is 5.32 Å². The van der Waals surface area contributed by atoms with E-state index in [9.17, 15) is 9.59 Å². The number of carbonyl (C=O) groups excluding carboxylic acids is 2. The molecule has 6 heteroatoms. The number of esters is 1. The van der Waals surface area contributed by atoms with Crippen molar-refractivity contribution in [1.29, 1.82) is 0 Å². The highest BCUT2D eigenvalue weighted by Gasteiger charge is 2.09. The standard InChI is InChI=1S/C13H18N2O3.ClH/c1-9-5-6-10(14)8-11(9)13(17)15-7-3-4-12(16)18-2;/h5-6,8H,3-4,7,14H2,1-2H3,(H,15,17);1H. The van der Waals surface area contributed by atoms with Gasteiger partial charge in [-0.05, 0) is 31.0 Å². The molecule has 0 unspecified atom stereocenters. The molecule has 106 valence electrons. The first-order chi connectivity index (χ1) is 8.54. The fourth-order valence-electron chi connectivity index (χ4n) is 1.52. The molecule has 0 aromatic heterocycles. The Labute approximate surface area is 118 Å². The Kier molecular flexibility index (Phi) is 7.60. The van der Waals surface area contributed by atoms with Gasteiger partial charge in [-0.2, -0.15) is 0 Å². The van der Waals surface area contributed by atoms with E-state index >= 15 is 0 Å². The summed E-state index contributed by atoms with van der Waals surface area (Å²) in [6, 6.07) is 5.20. The average molecular weight is 287 g/mol. The molecular formula is C13H19ClN2O3. The number of nitrogen functional groups attached to an aromatic ring is 1. The van der Waals surface area contributed by atoms with Crippen LogP contribution >= 0.6 is 12.4 Å². The molecule has 1 rings (SSSR count). The molecule has 0 fully saturated rings. The molecular weight excluding hydrogens is 268 g/mol. The third kappa shape index (κ3) is 5.61. The van der Waals surface area contributed by atoms with Crippen molar-refractivity contribution in [3.63, 3.8) is 0 Å². The number of hydrogen-bond acceptors (Lipinski definition) is 4. The number of benzene rings is 1. The van der Waals surface area contributed by atoms with Gasteiger partial charge in [0.05, 0.1) is 7.11 Å². The van der Waals surface area contributed by atoms with Crippen molar-refractivity contribution in [2.75, 3.05) is 19.4 Å². The first-order valence-electron chi connectivity index (χ1n) is 5.75. The van der Waals surface area contributed by atoms with Gasteiger partial charge in [-0.3, -0.25) is 9.59 Å². The van der Waals surface area contributed by atoms with E-state index in [1.807, 2.05) is 6.92 Å². The topological polar surface area (TPSA) is 81.4 Å². The SMILES string of the molecule is COC(=O)CCCNC(=O)c1cc(N)ccc1C.Cl. The van der Waals surface area contributed by atoms with Crippen molar-refractivity contribution in [2.24, 2.45) is 0 Å². The number of ether oxygens (including phenoxy) is 1. The molecule has 0 saturated heterocycles. The molecule has 0 atom stereocenters. The number of carbonyl (C=O) groups is 2. The van der Waals surface area contributed by atoms with Crippen LogP contribution < -0.4 is 11.1 Å². The fraction of sp³-hybridized carbons (Fsp3) is 0.385. The highest BCUT2D eigenvalue weighted by atomic mass is 35.5. The van der Waals surface area contributed by atoms with Crippen LogP contribution in [0.4, 0.5) is 5.69 Å². The zero-order chi connectivity index (χ0) is 13.5. The highest BCUT2D eigenvalue weighted by Crippen LogP contribution is 2.12. The Hall–Kier alpha value is -1.75. The Morgan fingerprint density at radius 2 is 2.05 bits per heavy atom. The van der Waals surface area contributed by atoms with Gasteiger partial charge in [0.15, 0.2) is 0 Å². The van der Waals surface area contributed by atoms with Gasteiger partial charge < -0.3 is 15.8 Å². The van der Waals surface area contributed by atoms with Crippen LogP contribution in [0.2, 0.25) is 0 Å². The number of nitrogens with two attached hydrogens (primary N) is 1. The molecule has 1 amide bonds. The lowest BCUT2D eigenvalue weighted by molar-refractivity contribution is -0.140. The minimum atomic E-state index is -0.274. The number of nitrogens with one attached hydrogen (secondary N) is 1. The van der Waals surface area contributed by atoms with E-state index in [4.69, 9.17) is 5.73 Å². The van der Waals surface area contributed by atoms with Crippen molar-refractivity contribution in [3.05, 3.63) is 29.3 Å². The zero-order valence-electron chi connectivity index (χ0n) is 11.1. The summed E-state index contributed by atoms with van der Waals surface area (Å²) in [6.07, 6.45) is 0.854. The van der Waals surface area contributed by atoms with E-state index in [1.165, 1.54) is 7.11 Å². The maximum Gasteiger partial charge on any atom is 0.305 e. The van der Waals surface area contributed by atoms with E-state index in [1.54, 1.807) is 18.2 Å². The molecule has 1 aromatic carbocycles. The third-order valence-electron chi connectivity index (χ3n) is 2.58. The second-order valence-corrected chi connectivity index (χ2v) is 4.01. The van der Waals surface area contributed by atoms with Crippen molar-refractivity contribution >= 4 is 30.0 Å². The summed E-state index contributed by atoms with van der Waals surface area (Å²) in [5, 5.41) is 2.74. The molecule has 0 bridgehead atoms. The monoisotopic (exact) mass is 286 g/mol. The molecule has 0 heterocycles. The van der Waals surface area contributed by atoms with Gasteiger partial charge in [0, 0.05) is 24.2 Å². The van der Waals surface area contributed by atoms with Gasteiger partial charge >= 0.3 is 5.97 Å². The summed E-state index contributed by atoms with van der Waals surface area (Å²) in [5.74, 6) is -0.450. The van der Waals surface area contributed by atoms with Gasteiger partial charge in [-0.15, -0.1) is 12.4 Å². The van der Waals surface area contributed by atoms with Gasteiger partial charge in [-0.25, -0.2) is 0 Å². The summed E-state index contributed by atoms with van der Waals surface area (Å²) >= 11 is 0. The third-order valence-corrected chi connectivity index (χ3v) is 2.58. The van der Waals surface area contributed by atoms with Crippen LogP contribution in [0, 0.1) is 6.92 Å². The van der Waals surface area contributed by atoms with E-state index in [0.29, 0.717) is 30.6 Å². The number of halogens is 1. The molecule has 19 heavy (non-hydrogen) atoms. The number of methoxy groups -OCH3 is 1. The van der Waals surface area contributed by atoms with Gasteiger partial charge in [0.2, 0.25) is 0 Å². The maximum absolute atomic E-state index is 11.8. The first kappa shape index (κ1) is 17.2. The van der Waals surface area contributed by atoms with Gasteiger partial charge in [0.25, 0.3) is 5.91 Å². The predicted molar refractivity (Wildman–Crippen MR) is 76.4 cm³/mol. The average Bonchev–Trinajstić information content (AvgIpc) is 2.36. The van der Waals surface area contributed by atoms with E-state index in [0.717, 1.165) is 5.56 Å². The predicted octanol–water partition coefficient (Wildman–Crippen LogP) is 1.68. The number of amides is 1. The lowest BCUT2D eigenvalue weighted by Gasteiger charge is -2.08. The van der Waals surface area contributed by atoms with Gasteiger partial charge in [-0.1, -0.05) is 6.07 Å². The van der Waals surface area contributed by atoms with Crippen LogP contribution in [-0.4, -0.2) is 25.5 Å². The van der Waals surface area contributed by atoms with E-state index < -0.39 is 0 Å². The molecule has 1 aromatic rings. The lowest BCUT2D eigenvalue weighted by Crippen LogP contribution is -2.25. The molecule has 0 aliphatic rings. The molecule has 3 N–H and O–H groups in total. The molecule has 0 radical (unpaired) electrons. The number of aryl methyl sites for hydroxylation is 1. The van der Waals surface area contributed by atoms with Crippen molar-refractivity contribution < 1.29 is 14.3 Å². The van der Waals surface area contributed by atoms with E-state index in [-0.39, 0.29) is 24.3 Å². The van der Waals surface area contributed by atoms with Crippen LogP contribution in [0.25, 0.3) is 0 Å². The van der Waals surface area contributed by atoms with Crippen LogP contribution in [0.15, 0.2) is 18.2 Å². The maximum atomic E-state index is 11.8. The summed E-state index contributed by atoms with van der Waals surface area (Å²) < 4.78 is 4.51. The van der Waals surface area contributed by atoms with E-state index in [2.05, 4.69) is 10.1 Å². The Morgan fingerprint density at radius 3 is 2.68 bits per heavy atom. The van der Waals surface area contributed by atoms with Crippen LogP contribution in [0.3, 0.4) is 0 Å². The number of rotatable bonds is 5. The first-order valence-corrected chi connectivity index (χ1v) is 5.75. The fourth-order valence-corrected chi connectivity index (χ4v) is 1.52. The molecule has 0 saturated carbocycles. The molecule has 5 nitrogen and oxygen atoms in total. The number of anilines is 1. The summed E-state index contributed by atoms with van der Waals surface area (Å²) in [6.45, 7) is 2.28. The lowest BCUT2D eigenvalue weighted by atomic mass is 10.1.